The maximum Gasteiger partial charge on any atom is 0.417 e. The number of hydrogen-bond acceptors (Lipinski definition) is 5. The molecule has 10 heteroatoms. The van der Waals surface area contributed by atoms with Gasteiger partial charge in [0.2, 0.25) is 0 Å². The van der Waals surface area contributed by atoms with Gasteiger partial charge in [-0.2, -0.15) is 13.2 Å². The second-order valence-electron chi connectivity index (χ2n) is 6.38. The first-order valence-electron chi connectivity index (χ1n) is 8.62. The summed E-state index contributed by atoms with van der Waals surface area (Å²) in [6.45, 7) is 3.41. The molecule has 2 amide bonds. The van der Waals surface area contributed by atoms with E-state index in [1.165, 1.54) is 24.4 Å². The van der Waals surface area contributed by atoms with E-state index in [2.05, 4.69) is 15.6 Å². The number of phenolic OH excluding ortho intramolecular Hbond substituents is 1. The number of carbonyl (C=O) groups excluding carboxylic acids is 2. The van der Waals surface area contributed by atoms with Crippen LogP contribution in [0.2, 0.25) is 0 Å². The minimum absolute atomic E-state index is 0.0218. The van der Waals surface area contributed by atoms with Crippen molar-refractivity contribution in [2.45, 2.75) is 20.0 Å². The zero-order chi connectivity index (χ0) is 22.1. The Morgan fingerprint density at radius 3 is 2.43 bits per heavy atom. The predicted molar refractivity (Wildman–Crippen MR) is 107 cm³/mol. The Balaban J connectivity index is 1.77. The van der Waals surface area contributed by atoms with Gasteiger partial charge >= 0.3 is 6.18 Å². The maximum atomic E-state index is 13.1. The number of carbonyl (C=O) groups is 2. The molecule has 0 bridgehead atoms. The van der Waals surface area contributed by atoms with Crippen LogP contribution in [0.25, 0.3) is 0 Å². The Morgan fingerprint density at radius 1 is 1.03 bits per heavy atom. The Morgan fingerprint density at radius 2 is 1.73 bits per heavy atom. The monoisotopic (exact) mass is 435 g/mol. The van der Waals surface area contributed by atoms with E-state index in [1.54, 1.807) is 19.9 Å². The zero-order valence-corrected chi connectivity index (χ0v) is 16.6. The molecular formula is C20H16F3N3O3S. The smallest absolute Gasteiger partial charge is 0.417 e. The molecule has 0 fully saturated rings. The summed E-state index contributed by atoms with van der Waals surface area (Å²) in [5.41, 5.74) is 0.0627. The Bertz CT molecular complexity index is 1130. The molecule has 3 rings (SSSR count). The van der Waals surface area contributed by atoms with E-state index in [4.69, 9.17) is 0 Å². The lowest BCUT2D eigenvalue weighted by Gasteiger charge is -2.12. The number of aryl methyl sites for hydroxylation is 1. The summed E-state index contributed by atoms with van der Waals surface area (Å²) in [7, 11) is 0. The first kappa shape index (κ1) is 21.3. The van der Waals surface area contributed by atoms with E-state index in [0.29, 0.717) is 11.3 Å². The van der Waals surface area contributed by atoms with Crippen LogP contribution in [0.1, 0.15) is 36.7 Å². The van der Waals surface area contributed by atoms with Gasteiger partial charge in [0.25, 0.3) is 11.8 Å². The van der Waals surface area contributed by atoms with Crippen LogP contribution in [0.4, 0.5) is 24.0 Å². The van der Waals surface area contributed by atoms with Gasteiger partial charge in [-0.15, -0.1) is 0 Å². The first-order chi connectivity index (χ1) is 14.1. The Labute approximate surface area is 173 Å². The lowest BCUT2D eigenvalue weighted by atomic mass is 10.1. The Hall–Kier alpha value is -3.40. The van der Waals surface area contributed by atoms with Crippen molar-refractivity contribution >= 4 is 34.0 Å². The van der Waals surface area contributed by atoms with Gasteiger partial charge in [-0.3, -0.25) is 14.9 Å². The molecule has 1 heterocycles. The first-order valence-corrected chi connectivity index (χ1v) is 9.43. The molecule has 0 radical (unpaired) electrons. The number of halogens is 3. The standard InChI is InChI=1S/C20H16F3N3O3S/c1-10-7-8-14(27)11(2)16(10)25-18(29)15-9-24-19(30-15)26-17(28)12-5-3-4-6-13(12)20(21,22)23/h3-9,27H,1-2H3,(H,25,29)(H,24,26,28). The molecule has 3 aromatic rings. The van der Waals surface area contributed by atoms with Crippen molar-refractivity contribution in [1.29, 1.82) is 0 Å². The van der Waals surface area contributed by atoms with Crippen molar-refractivity contribution in [2.24, 2.45) is 0 Å². The lowest BCUT2D eigenvalue weighted by Crippen LogP contribution is -2.18. The van der Waals surface area contributed by atoms with Gasteiger partial charge in [-0.25, -0.2) is 4.98 Å². The number of benzene rings is 2. The SMILES string of the molecule is Cc1ccc(O)c(C)c1NC(=O)c1cnc(NC(=O)c2ccccc2C(F)(F)F)s1. The highest BCUT2D eigenvalue weighted by molar-refractivity contribution is 7.17. The third kappa shape index (κ3) is 4.43. The van der Waals surface area contributed by atoms with Gasteiger partial charge in [0.05, 0.1) is 23.0 Å². The van der Waals surface area contributed by atoms with E-state index in [0.717, 1.165) is 29.0 Å². The number of phenols is 1. The van der Waals surface area contributed by atoms with Crippen LogP contribution in [-0.2, 0) is 6.18 Å². The molecule has 0 saturated heterocycles. The van der Waals surface area contributed by atoms with Crippen molar-refractivity contribution in [3.8, 4) is 5.75 Å². The number of alkyl halides is 3. The van der Waals surface area contributed by atoms with Crippen molar-refractivity contribution < 1.29 is 27.9 Å². The summed E-state index contributed by atoms with van der Waals surface area (Å²) >= 11 is 0.814. The summed E-state index contributed by atoms with van der Waals surface area (Å²) in [4.78, 5) is 28.8. The van der Waals surface area contributed by atoms with Crippen LogP contribution < -0.4 is 10.6 Å². The second-order valence-corrected chi connectivity index (χ2v) is 7.41. The number of nitrogens with one attached hydrogen (secondary N) is 2. The second kappa shape index (κ2) is 8.15. The molecule has 0 aliphatic carbocycles. The van der Waals surface area contributed by atoms with Crippen LogP contribution >= 0.6 is 11.3 Å². The summed E-state index contributed by atoms with van der Waals surface area (Å²) in [5.74, 6) is -1.49. The molecule has 0 saturated carbocycles. The molecule has 0 aliphatic heterocycles. The van der Waals surface area contributed by atoms with E-state index in [9.17, 15) is 27.9 Å². The fraction of sp³-hybridized carbons (Fsp3) is 0.150. The molecule has 6 nitrogen and oxygen atoms in total. The number of thiazole rings is 1. The minimum Gasteiger partial charge on any atom is -0.508 e. The molecule has 1 aromatic heterocycles. The quantitative estimate of drug-likeness (QED) is 0.539. The lowest BCUT2D eigenvalue weighted by molar-refractivity contribution is -0.137. The van der Waals surface area contributed by atoms with Gasteiger partial charge in [0.15, 0.2) is 5.13 Å². The summed E-state index contributed by atoms with van der Waals surface area (Å²) in [5, 5.41) is 14.8. The number of anilines is 2. The number of rotatable bonds is 4. The van der Waals surface area contributed by atoms with Gasteiger partial charge < -0.3 is 10.4 Å². The third-order valence-corrected chi connectivity index (χ3v) is 5.22. The molecule has 156 valence electrons. The number of aromatic nitrogens is 1. The normalized spacial score (nSPS) is 11.2. The predicted octanol–water partition coefficient (Wildman–Crippen LogP) is 4.99. The van der Waals surface area contributed by atoms with E-state index >= 15 is 0 Å². The highest BCUT2D eigenvalue weighted by Gasteiger charge is 2.35. The van der Waals surface area contributed by atoms with Crippen LogP contribution in [0.5, 0.6) is 5.75 Å². The van der Waals surface area contributed by atoms with Gasteiger partial charge in [0, 0.05) is 5.56 Å². The van der Waals surface area contributed by atoms with Crippen molar-refractivity contribution in [3.05, 3.63) is 69.7 Å². The van der Waals surface area contributed by atoms with Crippen molar-refractivity contribution in [1.82, 2.24) is 4.98 Å². The van der Waals surface area contributed by atoms with Gasteiger partial charge in [-0.1, -0.05) is 29.5 Å². The van der Waals surface area contributed by atoms with Crippen LogP contribution in [0.3, 0.4) is 0 Å². The number of aromatic hydroxyl groups is 1. The fourth-order valence-corrected chi connectivity index (χ4v) is 3.44. The van der Waals surface area contributed by atoms with E-state index in [-0.39, 0.29) is 15.8 Å². The molecular weight excluding hydrogens is 419 g/mol. The van der Waals surface area contributed by atoms with Crippen LogP contribution in [-0.4, -0.2) is 21.9 Å². The average Bonchev–Trinajstić information content (AvgIpc) is 3.16. The number of hydrogen-bond donors (Lipinski definition) is 3. The van der Waals surface area contributed by atoms with Crippen LogP contribution in [0.15, 0.2) is 42.6 Å². The fourth-order valence-electron chi connectivity index (χ4n) is 2.73. The van der Waals surface area contributed by atoms with E-state index < -0.39 is 29.1 Å². The molecule has 0 aliphatic rings. The molecule has 30 heavy (non-hydrogen) atoms. The third-order valence-electron chi connectivity index (χ3n) is 4.31. The summed E-state index contributed by atoms with van der Waals surface area (Å²) in [6.07, 6.45) is -3.47. The molecule has 3 N–H and O–H groups in total. The topological polar surface area (TPSA) is 91.3 Å². The summed E-state index contributed by atoms with van der Waals surface area (Å²) in [6, 6.07) is 7.55. The maximum absolute atomic E-state index is 13.1. The van der Waals surface area contributed by atoms with Crippen LogP contribution in [0, 0.1) is 13.8 Å². The Kier molecular flexibility index (Phi) is 5.79. The molecule has 0 unspecified atom stereocenters. The van der Waals surface area contributed by atoms with E-state index in [1.807, 2.05) is 0 Å². The zero-order valence-electron chi connectivity index (χ0n) is 15.8. The molecule has 0 atom stereocenters. The number of nitrogens with zero attached hydrogens (tertiary/aromatic N) is 1. The van der Waals surface area contributed by atoms with Gasteiger partial charge in [0.1, 0.15) is 10.6 Å². The molecule has 2 aromatic carbocycles. The number of amides is 2. The highest BCUT2D eigenvalue weighted by atomic mass is 32.1. The van der Waals surface area contributed by atoms with Gasteiger partial charge in [-0.05, 0) is 37.6 Å². The van der Waals surface area contributed by atoms with Crippen molar-refractivity contribution in [2.75, 3.05) is 10.6 Å². The minimum atomic E-state index is -4.68. The highest BCUT2D eigenvalue weighted by Crippen LogP contribution is 2.33. The summed E-state index contributed by atoms with van der Waals surface area (Å²) < 4.78 is 39.3. The van der Waals surface area contributed by atoms with Crippen molar-refractivity contribution in [3.63, 3.8) is 0 Å². The molecule has 0 spiro atoms. The largest absolute Gasteiger partial charge is 0.508 e. The average molecular weight is 435 g/mol.